The van der Waals surface area contributed by atoms with Gasteiger partial charge in [-0.2, -0.15) is 0 Å². The van der Waals surface area contributed by atoms with Crippen LogP contribution in [0.4, 0.5) is 0 Å². The smallest absolute Gasteiger partial charge is 0.0873 e. The second kappa shape index (κ2) is 4.49. The predicted octanol–water partition coefficient (Wildman–Crippen LogP) is 1.54. The van der Waals surface area contributed by atoms with Gasteiger partial charge in [-0.1, -0.05) is 5.21 Å². The van der Waals surface area contributed by atoms with Crippen molar-refractivity contribution in [3.8, 4) is 0 Å². The van der Waals surface area contributed by atoms with Crippen molar-refractivity contribution >= 4 is 11.6 Å². The van der Waals surface area contributed by atoms with Crippen LogP contribution >= 0.6 is 11.6 Å². The van der Waals surface area contributed by atoms with E-state index in [0.29, 0.717) is 5.88 Å². The molecule has 15 heavy (non-hydrogen) atoms. The number of nitrogens with zero attached hydrogens (tertiary/aromatic N) is 3. The topological polar surface area (TPSA) is 39.9 Å². The highest BCUT2D eigenvalue weighted by Gasteiger charge is 2.33. The molecule has 1 unspecified atom stereocenters. The van der Waals surface area contributed by atoms with E-state index in [2.05, 4.69) is 10.3 Å². The zero-order valence-electron chi connectivity index (χ0n) is 8.95. The standard InChI is InChI=1S/C10H16ClN3O/c1-14-7-9(12-13-14)6-10(8-11)4-2-3-5-15-10/h7H,2-6,8H2,1H3. The number of aromatic nitrogens is 3. The lowest BCUT2D eigenvalue weighted by atomic mass is 9.91. The molecule has 1 aliphatic rings. The number of rotatable bonds is 3. The maximum absolute atomic E-state index is 6.01. The molecule has 0 N–H and O–H groups in total. The van der Waals surface area contributed by atoms with E-state index < -0.39 is 0 Å². The first kappa shape index (κ1) is 10.9. The van der Waals surface area contributed by atoms with Gasteiger partial charge in [-0.15, -0.1) is 16.7 Å². The Labute approximate surface area is 94.6 Å². The van der Waals surface area contributed by atoms with Crippen LogP contribution in [0.25, 0.3) is 0 Å². The lowest BCUT2D eigenvalue weighted by Crippen LogP contribution is -2.40. The van der Waals surface area contributed by atoms with Gasteiger partial charge in [0.2, 0.25) is 0 Å². The second-order valence-electron chi connectivity index (χ2n) is 4.18. The van der Waals surface area contributed by atoms with E-state index in [1.165, 1.54) is 6.42 Å². The van der Waals surface area contributed by atoms with Gasteiger partial charge in [0, 0.05) is 26.3 Å². The molecule has 1 aromatic heterocycles. The number of ether oxygens (including phenoxy) is 1. The third kappa shape index (κ3) is 2.49. The summed E-state index contributed by atoms with van der Waals surface area (Å²) in [5.74, 6) is 0.531. The molecule has 0 saturated carbocycles. The third-order valence-corrected chi connectivity index (χ3v) is 3.32. The van der Waals surface area contributed by atoms with Crippen molar-refractivity contribution in [3.63, 3.8) is 0 Å². The fourth-order valence-electron chi connectivity index (χ4n) is 2.01. The van der Waals surface area contributed by atoms with Crippen LogP contribution in [-0.2, 0) is 18.2 Å². The summed E-state index contributed by atoms with van der Waals surface area (Å²) in [6.45, 7) is 0.812. The summed E-state index contributed by atoms with van der Waals surface area (Å²) >= 11 is 6.01. The van der Waals surface area contributed by atoms with Gasteiger partial charge in [0.05, 0.1) is 17.2 Å². The second-order valence-corrected chi connectivity index (χ2v) is 4.45. The normalized spacial score (nSPS) is 26.8. The Morgan fingerprint density at radius 3 is 3.00 bits per heavy atom. The highest BCUT2D eigenvalue weighted by atomic mass is 35.5. The van der Waals surface area contributed by atoms with E-state index in [-0.39, 0.29) is 5.60 Å². The maximum Gasteiger partial charge on any atom is 0.0873 e. The van der Waals surface area contributed by atoms with Crippen molar-refractivity contribution in [2.45, 2.75) is 31.3 Å². The van der Waals surface area contributed by atoms with Crippen molar-refractivity contribution in [3.05, 3.63) is 11.9 Å². The van der Waals surface area contributed by atoms with Gasteiger partial charge in [-0.25, -0.2) is 0 Å². The molecule has 1 aromatic rings. The van der Waals surface area contributed by atoms with Gasteiger partial charge < -0.3 is 4.74 Å². The molecule has 2 heterocycles. The minimum Gasteiger partial charge on any atom is -0.373 e. The predicted molar refractivity (Wildman–Crippen MR) is 58.0 cm³/mol. The van der Waals surface area contributed by atoms with Crippen LogP contribution in [0.2, 0.25) is 0 Å². The number of halogens is 1. The Hall–Kier alpha value is -0.610. The molecule has 1 aliphatic heterocycles. The molecule has 1 saturated heterocycles. The molecule has 4 nitrogen and oxygen atoms in total. The summed E-state index contributed by atoms with van der Waals surface area (Å²) in [7, 11) is 1.87. The van der Waals surface area contributed by atoms with E-state index in [0.717, 1.165) is 31.6 Å². The summed E-state index contributed by atoms with van der Waals surface area (Å²) in [4.78, 5) is 0. The van der Waals surface area contributed by atoms with Crippen LogP contribution in [-0.4, -0.2) is 33.1 Å². The van der Waals surface area contributed by atoms with Crippen LogP contribution in [0.3, 0.4) is 0 Å². The third-order valence-electron chi connectivity index (χ3n) is 2.83. The average Bonchev–Trinajstić information content (AvgIpc) is 2.65. The monoisotopic (exact) mass is 229 g/mol. The molecule has 5 heteroatoms. The highest BCUT2D eigenvalue weighted by molar-refractivity contribution is 6.18. The molecular formula is C10H16ClN3O. The van der Waals surface area contributed by atoms with Crippen LogP contribution in [0.15, 0.2) is 6.20 Å². The minimum atomic E-state index is -0.212. The number of alkyl halides is 1. The van der Waals surface area contributed by atoms with Gasteiger partial charge >= 0.3 is 0 Å². The quantitative estimate of drug-likeness (QED) is 0.739. The summed E-state index contributed by atoms with van der Waals surface area (Å²) in [5, 5.41) is 7.99. The lowest BCUT2D eigenvalue weighted by molar-refractivity contribution is -0.0621. The lowest BCUT2D eigenvalue weighted by Gasteiger charge is -2.35. The zero-order valence-corrected chi connectivity index (χ0v) is 9.70. The summed E-state index contributed by atoms with van der Waals surface area (Å²) in [5.41, 5.74) is 0.746. The largest absolute Gasteiger partial charge is 0.373 e. The zero-order chi connectivity index (χ0) is 10.7. The molecule has 1 fully saturated rings. The first-order chi connectivity index (χ1) is 7.24. The Bertz CT molecular complexity index is 320. The first-order valence-corrected chi connectivity index (χ1v) is 5.83. The Morgan fingerprint density at radius 1 is 1.60 bits per heavy atom. The summed E-state index contributed by atoms with van der Waals surface area (Å²) in [6.07, 6.45) is 6.04. The fraction of sp³-hybridized carbons (Fsp3) is 0.800. The van der Waals surface area contributed by atoms with E-state index in [1.807, 2.05) is 13.2 Å². The molecule has 0 bridgehead atoms. The SMILES string of the molecule is Cn1cc(CC2(CCl)CCCCO2)nn1. The van der Waals surface area contributed by atoms with E-state index in [4.69, 9.17) is 16.3 Å². The molecular weight excluding hydrogens is 214 g/mol. The minimum absolute atomic E-state index is 0.212. The molecule has 0 amide bonds. The molecule has 84 valence electrons. The van der Waals surface area contributed by atoms with E-state index >= 15 is 0 Å². The average molecular weight is 230 g/mol. The Kier molecular flexibility index (Phi) is 3.26. The number of hydrogen-bond acceptors (Lipinski definition) is 3. The van der Waals surface area contributed by atoms with Crippen molar-refractivity contribution in [2.75, 3.05) is 12.5 Å². The number of aryl methyl sites for hydroxylation is 1. The first-order valence-electron chi connectivity index (χ1n) is 5.29. The molecule has 0 aromatic carbocycles. The molecule has 0 aliphatic carbocycles. The molecule has 2 rings (SSSR count). The Morgan fingerprint density at radius 2 is 2.47 bits per heavy atom. The van der Waals surface area contributed by atoms with Crippen LogP contribution in [0.1, 0.15) is 25.0 Å². The maximum atomic E-state index is 6.01. The summed E-state index contributed by atoms with van der Waals surface area (Å²) in [6, 6.07) is 0. The molecule has 0 spiro atoms. The molecule has 1 atom stereocenters. The van der Waals surface area contributed by atoms with Gasteiger partial charge in [0.1, 0.15) is 0 Å². The van der Waals surface area contributed by atoms with Crippen molar-refractivity contribution < 1.29 is 4.74 Å². The van der Waals surface area contributed by atoms with Crippen molar-refractivity contribution in [1.29, 1.82) is 0 Å². The van der Waals surface area contributed by atoms with Gasteiger partial charge in [0.25, 0.3) is 0 Å². The van der Waals surface area contributed by atoms with Crippen molar-refractivity contribution in [1.82, 2.24) is 15.0 Å². The fourth-order valence-corrected chi connectivity index (χ4v) is 2.31. The molecule has 0 radical (unpaired) electrons. The van der Waals surface area contributed by atoms with Gasteiger partial charge in [-0.05, 0) is 19.3 Å². The Balaban J connectivity index is 2.06. The van der Waals surface area contributed by atoms with Crippen LogP contribution < -0.4 is 0 Å². The summed E-state index contributed by atoms with van der Waals surface area (Å²) < 4.78 is 7.53. The van der Waals surface area contributed by atoms with Crippen molar-refractivity contribution in [2.24, 2.45) is 7.05 Å². The van der Waals surface area contributed by atoms with Gasteiger partial charge in [-0.3, -0.25) is 4.68 Å². The number of hydrogen-bond donors (Lipinski definition) is 0. The van der Waals surface area contributed by atoms with Crippen LogP contribution in [0, 0.1) is 0 Å². The van der Waals surface area contributed by atoms with Gasteiger partial charge in [0.15, 0.2) is 0 Å². The highest BCUT2D eigenvalue weighted by Crippen LogP contribution is 2.29. The van der Waals surface area contributed by atoms with E-state index in [9.17, 15) is 0 Å². The van der Waals surface area contributed by atoms with Crippen LogP contribution in [0.5, 0.6) is 0 Å². The van der Waals surface area contributed by atoms with E-state index in [1.54, 1.807) is 4.68 Å².